The molecule has 0 N–H and O–H groups in total. The lowest BCUT2D eigenvalue weighted by molar-refractivity contribution is 0.266. The first-order valence-electron chi connectivity index (χ1n) is 11.1. The lowest BCUT2D eigenvalue weighted by atomic mass is 10.1. The summed E-state index contributed by atoms with van der Waals surface area (Å²) >= 11 is 3.35. The number of benzene rings is 2. The molecule has 2 heterocycles. The predicted molar refractivity (Wildman–Crippen MR) is 142 cm³/mol. The van der Waals surface area contributed by atoms with Gasteiger partial charge in [-0.05, 0) is 59.1 Å². The maximum atomic E-state index is 12.0. The maximum absolute atomic E-state index is 12.0. The number of aromatic nitrogens is 3. The number of nitrogens with zero attached hydrogens (tertiary/aromatic N) is 4. The number of hydrogen-bond donors (Lipinski definition) is 0. The first kappa shape index (κ1) is 25.4. The van der Waals surface area contributed by atoms with Gasteiger partial charge in [-0.25, -0.2) is 8.42 Å². The van der Waals surface area contributed by atoms with E-state index in [1.165, 1.54) is 6.20 Å². The quantitative estimate of drug-likeness (QED) is 0.236. The molecule has 4 rings (SSSR count). The fourth-order valence-electron chi connectivity index (χ4n) is 3.70. The molecule has 0 unspecified atom stereocenters. The average Bonchev–Trinajstić information content (AvgIpc) is 3.22. The van der Waals surface area contributed by atoms with Crippen molar-refractivity contribution in [1.29, 1.82) is 5.26 Å². The number of ether oxygens (including phenoxy) is 2. The van der Waals surface area contributed by atoms with Crippen LogP contribution in [-0.4, -0.2) is 42.1 Å². The highest BCUT2D eigenvalue weighted by atomic mass is 79.9. The van der Waals surface area contributed by atoms with Gasteiger partial charge in [0.2, 0.25) is 0 Å². The number of fused-ring (bicyclic) bond motifs is 1. The lowest BCUT2D eigenvalue weighted by Crippen LogP contribution is -2.11. The summed E-state index contributed by atoms with van der Waals surface area (Å²) in [7, 11) is -3.56. The van der Waals surface area contributed by atoms with E-state index in [2.05, 4.69) is 38.7 Å². The standard InChI is InChI=1S/C26H23BrN4O4S/c1-3-19-18(16-28)9-8-12-24(19)34-13-6-7-14-35-25-11-5-4-10-20(25)22-15-21-23(17-29-22)31(30-26(21)27)36(2,32)33/h3-5,8-12,15,17H,1,6-7,13-14H2,2H3. The zero-order valence-corrected chi connectivity index (χ0v) is 21.9. The van der Waals surface area contributed by atoms with E-state index in [1.807, 2.05) is 30.3 Å². The van der Waals surface area contributed by atoms with Crippen molar-refractivity contribution in [3.8, 4) is 28.8 Å². The number of para-hydroxylation sites is 1. The number of hydrogen-bond acceptors (Lipinski definition) is 7. The highest BCUT2D eigenvalue weighted by Gasteiger charge is 2.18. The molecule has 0 amide bonds. The maximum Gasteiger partial charge on any atom is 0.251 e. The molecule has 2 aromatic heterocycles. The van der Waals surface area contributed by atoms with Crippen molar-refractivity contribution in [2.45, 2.75) is 12.8 Å². The number of halogens is 1. The fraction of sp³-hybridized carbons (Fsp3) is 0.192. The summed E-state index contributed by atoms with van der Waals surface area (Å²) in [5.41, 5.74) is 3.06. The van der Waals surface area contributed by atoms with Crippen molar-refractivity contribution in [2.24, 2.45) is 0 Å². The molecule has 0 aliphatic rings. The van der Waals surface area contributed by atoms with Gasteiger partial charge in [0.1, 0.15) is 21.6 Å². The Labute approximate surface area is 218 Å². The van der Waals surface area contributed by atoms with E-state index < -0.39 is 10.0 Å². The molecular weight excluding hydrogens is 544 g/mol. The second-order valence-corrected chi connectivity index (χ2v) is 10.5. The summed E-state index contributed by atoms with van der Waals surface area (Å²) in [6.07, 6.45) is 5.74. The number of rotatable bonds is 10. The van der Waals surface area contributed by atoms with Crippen molar-refractivity contribution < 1.29 is 17.9 Å². The molecule has 0 aliphatic carbocycles. The molecule has 0 aliphatic heterocycles. The SMILES string of the molecule is C=Cc1c(C#N)cccc1OCCCCOc1ccccc1-c1cc2c(Br)nn(S(C)(=O)=O)c2cn1. The monoisotopic (exact) mass is 566 g/mol. The van der Waals surface area contributed by atoms with E-state index in [0.717, 1.165) is 28.7 Å². The molecule has 0 bridgehead atoms. The van der Waals surface area contributed by atoms with Crippen LogP contribution in [0.1, 0.15) is 24.0 Å². The van der Waals surface area contributed by atoms with E-state index in [9.17, 15) is 13.7 Å². The molecule has 10 heteroatoms. The molecule has 0 atom stereocenters. The Morgan fingerprint density at radius 2 is 1.81 bits per heavy atom. The second-order valence-electron chi connectivity index (χ2n) is 7.92. The van der Waals surface area contributed by atoms with Gasteiger partial charge in [-0.2, -0.15) is 9.35 Å². The minimum Gasteiger partial charge on any atom is -0.493 e. The molecule has 2 aromatic carbocycles. The summed E-state index contributed by atoms with van der Waals surface area (Å²) < 4.78 is 37.3. The Morgan fingerprint density at radius 1 is 1.11 bits per heavy atom. The summed E-state index contributed by atoms with van der Waals surface area (Å²) in [4.78, 5) is 4.47. The van der Waals surface area contributed by atoms with Gasteiger partial charge >= 0.3 is 0 Å². The molecule has 36 heavy (non-hydrogen) atoms. The Morgan fingerprint density at radius 3 is 2.50 bits per heavy atom. The zero-order chi connectivity index (χ0) is 25.7. The van der Waals surface area contributed by atoms with Crippen LogP contribution in [0.4, 0.5) is 0 Å². The van der Waals surface area contributed by atoms with Crippen LogP contribution in [0.15, 0.2) is 65.9 Å². The number of nitriles is 1. The third-order valence-corrected chi connectivity index (χ3v) is 6.90. The molecule has 0 fully saturated rings. The molecule has 0 saturated heterocycles. The van der Waals surface area contributed by atoms with E-state index >= 15 is 0 Å². The van der Waals surface area contributed by atoms with E-state index in [1.54, 1.807) is 24.3 Å². The lowest BCUT2D eigenvalue weighted by Gasteiger charge is -2.12. The van der Waals surface area contributed by atoms with Crippen molar-refractivity contribution in [2.75, 3.05) is 19.5 Å². The van der Waals surface area contributed by atoms with Crippen molar-refractivity contribution in [3.63, 3.8) is 0 Å². The molecule has 0 radical (unpaired) electrons. The summed E-state index contributed by atoms with van der Waals surface area (Å²) in [5.74, 6) is 1.31. The van der Waals surface area contributed by atoms with Gasteiger partial charge in [-0.1, -0.05) is 30.9 Å². The van der Waals surface area contributed by atoms with E-state index in [0.29, 0.717) is 57.0 Å². The van der Waals surface area contributed by atoms with Crippen LogP contribution >= 0.6 is 15.9 Å². The van der Waals surface area contributed by atoms with E-state index in [-0.39, 0.29) is 0 Å². The summed E-state index contributed by atoms with van der Waals surface area (Å²) in [6, 6.07) is 16.8. The first-order valence-corrected chi connectivity index (χ1v) is 13.7. The molecule has 4 aromatic rings. The molecule has 0 spiro atoms. The van der Waals surface area contributed by atoms with Crippen LogP contribution in [0.25, 0.3) is 28.2 Å². The van der Waals surface area contributed by atoms with Crippen molar-refractivity contribution in [1.82, 2.24) is 14.2 Å². The van der Waals surface area contributed by atoms with Gasteiger partial charge in [0, 0.05) is 16.5 Å². The van der Waals surface area contributed by atoms with Gasteiger partial charge in [0.25, 0.3) is 10.0 Å². The summed E-state index contributed by atoms with van der Waals surface area (Å²) in [5, 5.41) is 13.9. The topological polar surface area (TPSA) is 107 Å². The fourth-order valence-corrected chi connectivity index (χ4v) is 5.02. The third-order valence-electron chi connectivity index (χ3n) is 5.41. The van der Waals surface area contributed by atoms with Gasteiger partial charge in [-0.3, -0.25) is 4.98 Å². The van der Waals surface area contributed by atoms with Crippen LogP contribution in [0.3, 0.4) is 0 Å². The van der Waals surface area contributed by atoms with Crippen LogP contribution in [0.2, 0.25) is 0 Å². The Balaban J connectivity index is 1.41. The van der Waals surface area contributed by atoms with Crippen molar-refractivity contribution in [3.05, 3.63) is 77.0 Å². The van der Waals surface area contributed by atoms with Crippen LogP contribution < -0.4 is 9.47 Å². The molecular formula is C26H23BrN4O4S. The van der Waals surface area contributed by atoms with Gasteiger partial charge in [0.15, 0.2) is 0 Å². The second kappa shape index (κ2) is 10.9. The van der Waals surface area contributed by atoms with Gasteiger partial charge < -0.3 is 9.47 Å². The smallest absolute Gasteiger partial charge is 0.251 e. The Bertz CT molecular complexity index is 1570. The highest BCUT2D eigenvalue weighted by molar-refractivity contribution is 9.10. The third kappa shape index (κ3) is 5.42. The van der Waals surface area contributed by atoms with Gasteiger partial charge in [-0.15, -0.1) is 5.10 Å². The molecule has 184 valence electrons. The number of unbranched alkanes of at least 4 members (excludes halogenated alkanes) is 1. The minimum absolute atomic E-state index is 0.395. The van der Waals surface area contributed by atoms with Crippen LogP contribution in [0.5, 0.6) is 11.5 Å². The van der Waals surface area contributed by atoms with Crippen LogP contribution in [-0.2, 0) is 10.0 Å². The Hall–Kier alpha value is -3.68. The van der Waals surface area contributed by atoms with Gasteiger partial charge in [0.05, 0.1) is 43.0 Å². The first-order chi connectivity index (χ1) is 17.3. The predicted octanol–water partition coefficient (Wildman–Crippen LogP) is 5.42. The van der Waals surface area contributed by atoms with Crippen molar-refractivity contribution >= 4 is 42.9 Å². The van der Waals surface area contributed by atoms with E-state index in [4.69, 9.17) is 9.47 Å². The summed E-state index contributed by atoms with van der Waals surface area (Å²) in [6.45, 7) is 4.73. The van der Waals surface area contributed by atoms with Crippen LogP contribution in [0, 0.1) is 11.3 Å². The molecule has 0 saturated carbocycles. The largest absolute Gasteiger partial charge is 0.493 e. The Kier molecular flexibility index (Phi) is 7.72. The zero-order valence-electron chi connectivity index (χ0n) is 19.5. The average molecular weight is 567 g/mol. The normalized spacial score (nSPS) is 11.2. The minimum atomic E-state index is -3.56. The molecule has 8 nitrogen and oxygen atoms in total. The highest BCUT2D eigenvalue weighted by Crippen LogP contribution is 2.33. The number of pyridine rings is 1.